The van der Waals surface area contributed by atoms with E-state index >= 15 is 0 Å². The maximum Gasteiger partial charge on any atom is 0.142 e. The van der Waals surface area contributed by atoms with Crippen LogP contribution in [0.15, 0.2) is 23.8 Å². The van der Waals surface area contributed by atoms with E-state index in [4.69, 9.17) is 0 Å². The van der Waals surface area contributed by atoms with Gasteiger partial charge in [0.25, 0.3) is 0 Å². The minimum Gasteiger partial charge on any atom is -0.299 e. The molecule has 132 valence electrons. The SMILES string of the molecule is C/C=C\C1(C)/C(=C\C=O)CCC2C3CCC(C(=O)CC)C3CCC21. The molecule has 6 atom stereocenters. The van der Waals surface area contributed by atoms with E-state index in [1.807, 2.05) is 13.0 Å². The minimum absolute atomic E-state index is 0.0242. The molecule has 0 aromatic heterocycles. The van der Waals surface area contributed by atoms with Crippen molar-refractivity contribution in [2.24, 2.45) is 35.0 Å². The first-order chi connectivity index (χ1) is 11.6. The Morgan fingerprint density at radius 1 is 1.12 bits per heavy atom. The number of fused-ring (bicyclic) bond motifs is 3. The second-order valence-corrected chi connectivity index (χ2v) is 8.33. The van der Waals surface area contributed by atoms with Crippen molar-refractivity contribution >= 4 is 12.1 Å². The lowest BCUT2D eigenvalue weighted by Crippen LogP contribution is -2.45. The van der Waals surface area contributed by atoms with E-state index in [1.54, 1.807) is 0 Å². The van der Waals surface area contributed by atoms with E-state index in [0.717, 1.165) is 31.0 Å². The molecule has 0 heterocycles. The molecule has 3 aliphatic rings. The van der Waals surface area contributed by atoms with Crippen LogP contribution in [0.5, 0.6) is 0 Å². The van der Waals surface area contributed by atoms with Gasteiger partial charge in [0.2, 0.25) is 0 Å². The summed E-state index contributed by atoms with van der Waals surface area (Å²) in [6, 6.07) is 0. The molecule has 24 heavy (non-hydrogen) atoms. The van der Waals surface area contributed by atoms with Crippen molar-refractivity contribution in [2.75, 3.05) is 0 Å². The first-order valence-electron chi connectivity index (χ1n) is 9.88. The zero-order valence-corrected chi connectivity index (χ0v) is 15.5. The summed E-state index contributed by atoms with van der Waals surface area (Å²) in [6.45, 7) is 6.44. The largest absolute Gasteiger partial charge is 0.299 e. The van der Waals surface area contributed by atoms with Crippen LogP contribution in [0.25, 0.3) is 0 Å². The molecule has 3 rings (SSSR count). The van der Waals surface area contributed by atoms with E-state index in [9.17, 15) is 9.59 Å². The van der Waals surface area contributed by atoms with Crippen LogP contribution in [0.2, 0.25) is 0 Å². The quantitative estimate of drug-likeness (QED) is 0.407. The lowest BCUT2D eigenvalue weighted by atomic mass is 9.51. The third kappa shape index (κ3) is 2.72. The summed E-state index contributed by atoms with van der Waals surface area (Å²) in [4.78, 5) is 23.5. The van der Waals surface area contributed by atoms with Crippen LogP contribution < -0.4 is 0 Å². The molecule has 3 fully saturated rings. The standard InChI is InChI=1S/C22H32O2/c1-4-13-22(3)15(12-14-23)6-7-18-16-8-9-19(21(24)5-2)17(16)10-11-20(18)22/h4,12-14,16-20H,5-11H2,1-3H3/b13-4-,15-12-. The third-order valence-electron chi connectivity index (χ3n) is 7.51. The maximum absolute atomic E-state index is 12.3. The molecule has 0 amide bonds. The molecule has 2 heteroatoms. The van der Waals surface area contributed by atoms with Gasteiger partial charge in [-0.1, -0.05) is 31.6 Å². The zero-order valence-electron chi connectivity index (χ0n) is 15.5. The van der Waals surface area contributed by atoms with Crippen molar-refractivity contribution in [3.8, 4) is 0 Å². The Hall–Kier alpha value is -1.18. The molecule has 6 unspecified atom stereocenters. The summed E-state index contributed by atoms with van der Waals surface area (Å²) < 4.78 is 0. The molecule has 0 N–H and O–H groups in total. The predicted molar refractivity (Wildman–Crippen MR) is 97.5 cm³/mol. The molecule has 0 bridgehead atoms. The third-order valence-corrected chi connectivity index (χ3v) is 7.51. The maximum atomic E-state index is 12.3. The first-order valence-corrected chi connectivity index (χ1v) is 9.88. The number of Topliss-reactive ketones (excluding diaryl/α,β-unsaturated/α-hetero) is 1. The Morgan fingerprint density at radius 3 is 2.54 bits per heavy atom. The molecule has 2 nitrogen and oxygen atoms in total. The number of aldehydes is 1. The van der Waals surface area contributed by atoms with Crippen LogP contribution >= 0.6 is 0 Å². The topological polar surface area (TPSA) is 34.1 Å². The van der Waals surface area contributed by atoms with E-state index in [1.165, 1.54) is 31.3 Å². The Morgan fingerprint density at radius 2 is 1.88 bits per heavy atom. The molecule has 0 aromatic rings. The van der Waals surface area contributed by atoms with Crippen LogP contribution in [0.1, 0.15) is 65.7 Å². The monoisotopic (exact) mass is 328 g/mol. The van der Waals surface area contributed by atoms with E-state index in [2.05, 4.69) is 26.0 Å². The molecular weight excluding hydrogens is 296 g/mol. The average Bonchev–Trinajstić information content (AvgIpc) is 3.01. The van der Waals surface area contributed by atoms with Gasteiger partial charge in [0.15, 0.2) is 0 Å². The molecule has 0 aliphatic heterocycles. The highest BCUT2D eigenvalue weighted by Crippen LogP contribution is 2.61. The first kappa shape index (κ1) is 17.6. The fourth-order valence-corrected chi connectivity index (χ4v) is 6.50. The highest BCUT2D eigenvalue weighted by atomic mass is 16.1. The van der Waals surface area contributed by atoms with E-state index in [0.29, 0.717) is 30.0 Å². The van der Waals surface area contributed by atoms with Gasteiger partial charge in [0, 0.05) is 17.8 Å². The van der Waals surface area contributed by atoms with Crippen LogP contribution in [0, 0.1) is 35.0 Å². The number of hydrogen-bond donors (Lipinski definition) is 0. The Labute approximate surface area is 146 Å². The van der Waals surface area contributed by atoms with Gasteiger partial charge in [-0.15, -0.1) is 0 Å². The number of ketones is 1. The average molecular weight is 328 g/mol. The van der Waals surface area contributed by atoms with Gasteiger partial charge in [-0.3, -0.25) is 9.59 Å². The van der Waals surface area contributed by atoms with Crippen molar-refractivity contribution in [2.45, 2.75) is 65.7 Å². The molecule has 3 aliphatic carbocycles. The number of rotatable bonds is 4. The molecule has 0 aromatic carbocycles. The molecular formula is C22H32O2. The van der Waals surface area contributed by atoms with Gasteiger partial charge >= 0.3 is 0 Å². The number of carbonyl (C=O) groups is 2. The van der Waals surface area contributed by atoms with Crippen LogP contribution in [-0.2, 0) is 9.59 Å². The van der Waals surface area contributed by atoms with Crippen LogP contribution in [0.3, 0.4) is 0 Å². The second kappa shape index (κ2) is 6.98. The summed E-state index contributed by atoms with van der Waals surface area (Å²) in [5, 5.41) is 0. The normalized spacial score (nSPS) is 43.6. The van der Waals surface area contributed by atoms with Gasteiger partial charge in [-0.05, 0) is 75.2 Å². The summed E-state index contributed by atoms with van der Waals surface area (Å²) in [6.07, 6.45) is 15.0. The lowest BCUT2D eigenvalue weighted by molar-refractivity contribution is -0.124. The number of carbonyl (C=O) groups excluding carboxylic acids is 2. The second-order valence-electron chi connectivity index (χ2n) is 8.33. The van der Waals surface area contributed by atoms with Gasteiger partial charge in [0.05, 0.1) is 0 Å². The van der Waals surface area contributed by atoms with Gasteiger partial charge in [-0.25, -0.2) is 0 Å². The van der Waals surface area contributed by atoms with Crippen molar-refractivity contribution in [1.29, 1.82) is 0 Å². The molecule has 3 saturated carbocycles. The Kier molecular flexibility index (Phi) is 5.13. The Bertz CT molecular complexity index is 558. The molecule has 0 radical (unpaired) electrons. The Balaban J connectivity index is 1.88. The number of allylic oxidation sites excluding steroid dienone is 4. The van der Waals surface area contributed by atoms with Crippen molar-refractivity contribution < 1.29 is 9.59 Å². The summed E-state index contributed by atoms with van der Waals surface area (Å²) in [7, 11) is 0. The zero-order chi connectivity index (χ0) is 17.3. The minimum atomic E-state index is 0.0242. The molecule has 0 saturated heterocycles. The van der Waals surface area contributed by atoms with E-state index in [-0.39, 0.29) is 5.41 Å². The molecule has 0 spiro atoms. The fourth-order valence-electron chi connectivity index (χ4n) is 6.50. The summed E-state index contributed by atoms with van der Waals surface area (Å²) in [5.74, 6) is 3.54. The smallest absolute Gasteiger partial charge is 0.142 e. The van der Waals surface area contributed by atoms with Crippen molar-refractivity contribution in [1.82, 2.24) is 0 Å². The summed E-state index contributed by atoms with van der Waals surface area (Å²) >= 11 is 0. The van der Waals surface area contributed by atoms with Crippen molar-refractivity contribution in [3.05, 3.63) is 23.8 Å². The fraction of sp³-hybridized carbons (Fsp3) is 0.727. The van der Waals surface area contributed by atoms with Gasteiger partial charge in [0.1, 0.15) is 12.1 Å². The van der Waals surface area contributed by atoms with Gasteiger partial charge in [-0.2, -0.15) is 0 Å². The van der Waals surface area contributed by atoms with Gasteiger partial charge < -0.3 is 0 Å². The highest BCUT2D eigenvalue weighted by Gasteiger charge is 2.53. The predicted octanol–water partition coefficient (Wildman–Crippen LogP) is 5.14. The highest BCUT2D eigenvalue weighted by molar-refractivity contribution is 5.81. The van der Waals surface area contributed by atoms with Crippen LogP contribution in [-0.4, -0.2) is 12.1 Å². The van der Waals surface area contributed by atoms with Crippen LogP contribution in [0.4, 0.5) is 0 Å². The van der Waals surface area contributed by atoms with Crippen molar-refractivity contribution in [3.63, 3.8) is 0 Å². The van der Waals surface area contributed by atoms with E-state index < -0.39 is 0 Å². The number of hydrogen-bond acceptors (Lipinski definition) is 2. The summed E-state index contributed by atoms with van der Waals surface area (Å²) in [5.41, 5.74) is 1.34. The lowest BCUT2D eigenvalue weighted by Gasteiger charge is -2.53.